The minimum atomic E-state index is -0.754. The van der Waals surface area contributed by atoms with Gasteiger partial charge in [-0.15, -0.1) is 0 Å². The SMILES string of the molecule is COc1cc2nn(CCC(C)(C)O)cc2cc1NC(=O)c1cccc(C)n1. The van der Waals surface area contributed by atoms with Crippen LogP contribution in [0.3, 0.4) is 0 Å². The third-order valence-electron chi connectivity index (χ3n) is 4.19. The number of nitrogens with zero attached hydrogens (tertiary/aromatic N) is 3. The minimum Gasteiger partial charge on any atom is -0.494 e. The van der Waals surface area contributed by atoms with Gasteiger partial charge in [0, 0.05) is 29.9 Å². The lowest BCUT2D eigenvalue weighted by Gasteiger charge is -2.16. The van der Waals surface area contributed by atoms with Crippen LogP contribution in [0.25, 0.3) is 10.9 Å². The van der Waals surface area contributed by atoms with Gasteiger partial charge < -0.3 is 15.2 Å². The van der Waals surface area contributed by atoms with Crippen LogP contribution in [0.1, 0.15) is 36.5 Å². The van der Waals surface area contributed by atoms with Gasteiger partial charge in [-0.05, 0) is 45.4 Å². The van der Waals surface area contributed by atoms with E-state index in [0.29, 0.717) is 30.1 Å². The number of ether oxygens (including phenoxy) is 1. The van der Waals surface area contributed by atoms with Crippen LogP contribution in [0.4, 0.5) is 5.69 Å². The van der Waals surface area contributed by atoms with Gasteiger partial charge in [0.1, 0.15) is 11.4 Å². The summed E-state index contributed by atoms with van der Waals surface area (Å²) in [4.78, 5) is 16.8. The molecule has 1 amide bonds. The van der Waals surface area contributed by atoms with Crippen LogP contribution in [-0.2, 0) is 6.54 Å². The number of carbonyl (C=O) groups excluding carboxylic acids is 1. The topological polar surface area (TPSA) is 89.3 Å². The fourth-order valence-corrected chi connectivity index (χ4v) is 2.73. The number of hydrogen-bond donors (Lipinski definition) is 2. The van der Waals surface area contributed by atoms with E-state index in [1.165, 1.54) is 0 Å². The van der Waals surface area contributed by atoms with Crippen molar-refractivity contribution in [3.63, 3.8) is 0 Å². The number of pyridine rings is 1. The van der Waals surface area contributed by atoms with Crippen LogP contribution in [0.15, 0.2) is 36.5 Å². The molecule has 3 aromatic rings. The summed E-state index contributed by atoms with van der Waals surface area (Å²) in [5, 5.41) is 18.1. The van der Waals surface area contributed by atoms with E-state index in [9.17, 15) is 9.90 Å². The molecule has 0 saturated carbocycles. The molecule has 0 aliphatic heterocycles. The molecule has 0 saturated heterocycles. The zero-order valence-corrected chi connectivity index (χ0v) is 16.0. The van der Waals surface area contributed by atoms with E-state index in [4.69, 9.17) is 4.74 Å². The van der Waals surface area contributed by atoms with Crippen molar-refractivity contribution in [3.8, 4) is 5.75 Å². The Bertz CT molecular complexity index is 973. The maximum Gasteiger partial charge on any atom is 0.274 e. The first-order valence-electron chi connectivity index (χ1n) is 8.78. The molecule has 2 heterocycles. The van der Waals surface area contributed by atoms with Crippen LogP contribution < -0.4 is 10.1 Å². The highest BCUT2D eigenvalue weighted by Crippen LogP contribution is 2.30. The summed E-state index contributed by atoms with van der Waals surface area (Å²) in [6.07, 6.45) is 2.47. The van der Waals surface area contributed by atoms with Crippen LogP contribution in [-0.4, -0.2) is 38.5 Å². The highest BCUT2D eigenvalue weighted by atomic mass is 16.5. The van der Waals surface area contributed by atoms with Gasteiger partial charge in [-0.1, -0.05) is 6.07 Å². The van der Waals surface area contributed by atoms with Gasteiger partial charge >= 0.3 is 0 Å². The predicted molar refractivity (Wildman–Crippen MR) is 104 cm³/mol. The Balaban J connectivity index is 1.87. The van der Waals surface area contributed by atoms with Crippen molar-refractivity contribution >= 4 is 22.5 Å². The summed E-state index contributed by atoms with van der Waals surface area (Å²) in [5.74, 6) is 0.224. The maximum atomic E-state index is 12.5. The van der Waals surface area contributed by atoms with Crippen molar-refractivity contribution in [2.45, 2.75) is 39.3 Å². The average Bonchev–Trinajstić information content (AvgIpc) is 3.00. The van der Waals surface area contributed by atoms with E-state index in [1.807, 2.05) is 25.3 Å². The second-order valence-electron chi connectivity index (χ2n) is 7.18. The Labute approximate surface area is 158 Å². The van der Waals surface area contributed by atoms with E-state index >= 15 is 0 Å². The molecule has 0 aliphatic rings. The summed E-state index contributed by atoms with van der Waals surface area (Å²) >= 11 is 0. The number of amides is 1. The standard InChI is InChI=1S/C20H24N4O3/c1-13-6-5-7-15(21-13)19(25)22-17-10-14-12-24(9-8-20(2,3)26)23-16(14)11-18(17)27-4/h5-7,10-12,26H,8-9H2,1-4H3,(H,22,25). The molecule has 0 radical (unpaired) electrons. The second kappa shape index (κ2) is 7.36. The molecule has 0 spiro atoms. The highest BCUT2D eigenvalue weighted by Gasteiger charge is 2.15. The first-order valence-corrected chi connectivity index (χ1v) is 8.78. The number of aromatic nitrogens is 3. The van der Waals surface area contributed by atoms with E-state index in [1.54, 1.807) is 43.8 Å². The number of benzene rings is 1. The van der Waals surface area contributed by atoms with Crippen molar-refractivity contribution in [2.75, 3.05) is 12.4 Å². The molecule has 7 nitrogen and oxygen atoms in total. The predicted octanol–water partition coefficient (Wildman–Crippen LogP) is 3.16. The van der Waals surface area contributed by atoms with Gasteiger partial charge in [-0.3, -0.25) is 9.48 Å². The van der Waals surface area contributed by atoms with Crippen LogP contribution >= 0.6 is 0 Å². The highest BCUT2D eigenvalue weighted by molar-refractivity contribution is 6.05. The van der Waals surface area contributed by atoms with Gasteiger partial charge in [0.2, 0.25) is 0 Å². The normalized spacial score (nSPS) is 11.6. The number of rotatable bonds is 6. The molecule has 2 aromatic heterocycles. The van der Waals surface area contributed by atoms with Gasteiger partial charge in [-0.25, -0.2) is 4.98 Å². The molecular weight excluding hydrogens is 344 g/mol. The molecule has 0 unspecified atom stereocenters. The molecule has 0 aliphatic carbocycles. The lowest BCUT2D eigenvalue weighted by Crippen LogP contribution is -2.21. The third-order valence-corrected chi connectivity index (χ3v) is 4.19. The number of anilines is 1. The molecule has 1 aromatic carbocycles. The average molecular weight is 368 g/mol. The van der Waals surface area contributed by atoms with Gasteiger partial charge in [0.25, 0.3) is 5.91 Å². The second-order valence-corrected chi connectivity index (χ2v) is 7.18. The largest absolute Gasteiger partial charge is 0.494 e. The number of methoxy groups -OCH3 is 1. The van der Waals surface area contributed by atoms with E-state index < -0.39 is 5.60 Å². The zero-order chi connectivity index (χ0) is 19.6. The summed E-state index contributed by atoms with van der Waals surface area (Å²) in [7, 11) is 1.55. The smallest absolute Gasteiger partial charge is 0.274 e. The molecule has 3 rings (SSSR count). The molecule has 0 fully saturated rings. The summed E-state index contributed by atoms with van der Waals surface area (Å²) in [6.45, 7) is 5.97. The Hall–Kier alpha value is -2.93. The summed E-state index contributed by atoms with van der Waals surface area (Å²) in [5.41, 5.74) is 1.68. The van der Waals surface area contributed by atoms with Crippen LogP contribution in [0, 0.1) is 6.92 Å². The number of aryl methyl sites for hydroxylation is 2. The molecule has 0 bridgehead atoms. The number of hydrogen-bond acceptors (Lipinski definition) is 5. The molecular formula is C20H24N4O3. The van der Waals surface area contributed by atoms with Crippen LogP contribution in [0.2, 0.25) is 0 Å². The van der Waals surface area contributed by atoms with E-state index in [-0.39, 0.29) is 5.91 Å². The molecule has 142 valence electrons. The lowest BCUT2D eigenvalue weighted by atomic mass is 10.1. The van der Waals surface area contributed by atoms with Gasteiger partial charge in [0.05, 0.1) is 23.9 Å². The Kier molecular flexibility index (Phi) is 5.14. The first kappa shape index (κ1) is 18.8. The first-order chi connectivity index (χ1) is 12.7. The summed E-state index contributed by atoms with van der Waals surface area (Å²) < 4.78 is 7.20. The van der Waals surface area contributed by atoms with Crippen molar-refractivity contribution in [1.29, 1.82) is 0 Å². The van der Waals surface area contributed by atoms with Crippen molar-refractivity contribution in [2.24, 2.45) is 0 Å². The fourth-order valence-electron chi connectivity index (χ4n) is 2.73. The van der Waals surface area contributed by atoms with Gasteiger partial charge in [0.15, 0.2) is 0 Å². The molecule has 0 atom stereocenters. The zero-order valence-electron chi connectivity index (χ0n) is 16.0. The number of nitrogens with one attached hydrogen (secondary N) is 1. The van der Waals surface area contributed by atoms with Crippen LogP contribution in [0.5, 0.6) is 5.75 Å². The Morgan fingerprint density at radius 1 is 1.33 bits per heavy atom. The van der Waals surface area contributed by atoms with Crippen molar-refractivity contribution in [1.82, 2.24) is 14.8 Å². The molecule has 2 N–H and O–H groups in total. The van der Waals surface area contributed by atoms with E-state index in [0.717, 1.165) is 16.6 Å². The Morgan fingerprint density at radius 3 is 2.78 bits per heavy atom. The van der Waals surface area contributed by atoms with E-state index in [2.05, 4.69) is 15.4 Å². The maximum absolute atomic E-state index is 12.5. The van der Waals surface area contributed by atoms with Crippen molar-refractivity contribution in [3.05, 3.63) is 47.9 Å². The Morgan fingerprint density at radius 2 is 2.11 bits per heavy atom. The number of aliphatic hydroxyl groups is 1. The van der Waals surface area contributed by atoms with Crippen molar-refractivity contribution < 1.29 is 14.6 Å². The number of carbonyl (C=O) groups is 1. The third kappa shape index (κ3) is 4.62. The molecule has 7 heteroatoms. The summed E-state index contributed by atoms with van der Waals surface area (Å²) in [6, 6.07) is 8.92. The number of fused-ring (bicyclic) bond motifs is 1. The molecule has 27 heavy (non-hydrogen) atoms. The minimum absolute atomic E-state index is 0.300. The van der Waals surface area contributed by atoms with Gasteiger partial charge in [-0.2, -0.15) is 5.10 Å². The monoisotopic (exact) mass is 368 g/mol. The quantitative estimate of drug-likeness (QED) is 0.698. The fraction of sp³-hybridized carbons (Fsp3) is 0.350. The lowest BCUT2D eigenvalue weighted by molar-refractivity contribution is 0.0651.